The summed E-state index contributed by atoms with van der Waals surface area (Å²) in [6, 6.07) is 16.0. The molecule has 5 heteroatoms. The van der Waals surface area contributed by atoms with E-state index in [1.807, 2.05) is 42.5 Å². The minimum atomic E-state index is 0.652. The highest BCUT2D eigenvalue weighted by molar-refractivity contribution is 6.31. The molecule has 0 aliphatic rings. The number of carbonyl (C=O) groups is 1. The molecular formula is C18H18ClN3O. The summed E-state index contributed by atoms with van der Waals surface area (Å²) in [4.78, 5) is 15.1. The van der Waals surface area contributed by atoms with Gasteiger partial charge < -0.3 is 9.88 Å². The van der Waals surface area contributed by atoms with Crippen LogP contribution in [0.25, 0.3) is 11.0 Å². The van der Waals surface area contributed by atoms with Crippen LogP contribution in [0.5, 0.6) is 0 Å². The van der Waals surface area contributed by atoms with Crippen LogP contribution in [0.2, 0.25) is 5.02 Å². The second-order valence-corrected chi connectivity index (χ2v) is 5.78. The number of aryl methyl sites for hydroxylation is 1. The monoisotopic (exact) mass is 327 g/mol. The number of hydrogen-bond acceptors (Lipinski definition) is 2. The molecule has 0 bridgehead atoms. The molecule has 1 heterocycles. The lowest BCUT2D eigenvalue weighted by Crippen LogP contribution is -2.14. The van der Waals surface area contributed by atoms with Crippen molar-refractivity contribution in [3.63, 3.8) is 0 Å². The van der Waals surface area contributed by atoms with Gasteiger partial charge in [-0.2, -0.15) is 0 Å². The molecule has 118 valence electrons. The number of imidazole rings is 1. The number of halogens is 1. The minimum absolute atomic E-state index is 0.652. The first-order valence-corrected chi connectivity index (χ1v) is 8.02. The van der Waals surface area contributed by atoms with E-state index in [-0.39, 0.29) is 0 Å². The maximum absolute atomic E-state index is 10.4. The lowest BCUT2D eigenvalue weighted by atomic mass is 10.2. The van der Waals surface area contributed by atoms with Crippen LogP contribution in [-0.2, 0) is 17.8 Å². The summed E-state index contributed by atoms with van der Waals surface area (Å²) < 4.78 is 2.21. The van der Waals surface area contributed by atoms with Crippen molar-refractivity contribution >= 4 is 29.0 Å². The molecule has 0 saturated carbocycles. The van der Waals surface area contributed by atoms with Gasteiger partial charge in [0.15, 0.2) is 0 Å². The molecule has 3 rings (SSSR count). The molecule has 2 aromatic carbocycles. The Morgan fingerprint density at radius 2 is 1.91 bits per heavy atom. The molecule has 0 aliphatic carbocycles. The number of carbonyl (C=O) groups excluding carboxylic acids is 1. The van der Waals surface area contributed by atoms with Gasteiger partial charge in [0.1, 0.15) is 5.82 Å². The molecule has 0 unspecified atom stereocenters. The Morgan fingerprint density at radius 3 is 2.74 bits per heavy atom. The normalized spacial score (nSPS) is 10.8. The van der Waals surface area contributed by atoms with Crippen LogP contribution in [0.3, 0.4) is 0 Å². The Bertz CT molecular complexity index is 813. The second kappa shape index (κ2) is 7.29. The highest BCUT2D eigenvalue weighted by atomic mass is 35.5. The van der Waals surface area contributed by atoms with Crippen molar-refractivity contribution in [3.8, 4) is 0 Å². The summed E-state index contributed by atoms with van der Waals surface area (Å²) in [7, 11) is 0. The zero-order valence-corrected chi connectivity index (χ0v) is 13.5. The first-order chi connectivity index (χ1) is 11.3. The largest absolute Gasteiger partial charge is 0.359 e. The SMILES string of the molecule is O=CNCCCc1nc2ccccc2n1Cc1ccccc1Cl. The third-order valence-corrected chi connectivity index (χ3v) is 4.19. The maximum atomic E-state index is 10.4. The Kier molecular flexibility index (Phi) is 4.93. The van der Waals surface area contributed by atoms with Gasteiger partial charge in [0.05, 0.1) is 17.6 Å². The zero-order chi connectivity index (χ0) is 16.1. The van der Waals surface area contributed by atoms with Crippen LogP contribution in [-0.4, -0.2) is 22.5 Å². The van der Waals surface area contributed by atoms with E-state index < -0.39 is 0 Å². The van der Waals surface area contributed by atoms with E-state index in [4.69, 9.17) is 16.6 Å². The molecule has 1 N–H and O–H groups in total. The van der Waals surface area contributed by atoms with E-state index in [2.05, 4.69) is 16.0 Å². The second-order valence-electron chi connectivity index (χ2n) is 5.37. The van der Waals surface area contributed by atoms with Crippen LogP contribution in [0.15, 0.2) is 48.5 Å². The standard InChI is InChI=1S/C18H18ClN3O/c19-15-7-2-1-6-14(15)12-22-17-9-4-3-8-16(17)21-18(22)10-5-11-20-13-23/h1-4,6-9,13H,5,10-12H2,(H,20,23). The average molecular weight is 328 g/mol. The van der Waals surface area contributed by atoms with E-state index in [0.29, 0.717) is 13.1 Å². The predicted octanol–water partition coefficient (Wildman–Crippen LogP) is 3.42. The van der Waals surface area contributed by atoms with Crippen LogP contribution in [0.4, 0.5) is 0 Å². The number of nitrogens with one attached hydrogen (secondary N) is 1. The molecule has 23 heavy (non-hydrogen) atoms. The lowest BCUT2D eigenvalue weighted by Gasteiger charge is -2.11. The van der Waals surface area contributed by atoms with Gasteiger partial charge in [-0.15, -0.1) is 0 Å². The van der Waals surface area contributed by atoms with E-state index in [0.717, 1.165) is 46.7 Å². The minimum Gasteiger partial charge on any atom is -0.359 e. The highest BCUT2D eigenvalue weighted by Gasteiger charge is 2.11. The highest BCUT2D eigenvalue weighted by Crippen LogP contribution is 2.22. The number of aromatic nitrogens is 2. The van der Waals surface area contributed by atoms with Crippen molar-refractivity contribution in [3.05, 3.63) is 64.9 Å². The molecule has 3 aromatic rings. The average Bonchev–Trinajstić information content (AvgIpc) is 2.92. The van der Waals surface area contributed by atoms with Crippen molar-refractivity contribution in [2.45, 2.75) is 19.4 Å². The van der Waals surface area contributed by atoms with Gasteiger partial charge in [0, 0.05) is 18.0 Å². The summed E-state index contributed by atoms with van der Waals surface area (Å²) in [6.07, 6.45) is 2.39. The zero-order valence-electron chi connectivity index (χ0n) is 12.7. The number of nitrogens with zero attached hydrogens (tertiary/aromatic N) is 2. The number of fused-ring (bicyclic) bond motifs is 1. The molecule has 0 saturated heterocycles. The van der Waals surface area contributed by atoms with Gasteiger partial charge in [0.25, 0.3) is 0 Å². The molecule has 0 atom stereocenters. The Hall–Kier alpha value is -2.33. The van der Waals surface area contributed by atoms with Crippen molar-refractivity contribution in [1.82, 2.24) is 14.9 Å². The molecule has 0 fully saturated rings. The number of amides is 1. The van der Waals surface area contributed by atoms with Gasteiger partial charge >= 0.3 is 0 Å². The predicted molar refractivity (Wildman–Crippen MR) is 92.7 cm³/mol. The number of rotatable bonds is 7. The smallest absolute Gasteiger partial charge is 0.207 e. The Morgan fingerprint density at radius 1 is 1.13 bits per heavy atom. The summed E-state index contributed by atoms with van der Waals surface area (Å²) in [6.45, 7) is 1.34. The van der Waals surface area contributed by atoms with Crippen molar-refractivity contribution in [1.29, 1.82) is 0 Å². The van der Waals surface area contributed by atoms with E-state index >= 15 is 0 Å². The van der Waals surface area contributed by atoms with Crippen molar-refractivity contribution < 1.29 is 4.79 Å². The molecule has 0 radical (unpaired) electrons. The van der Waals surface area contributed by atoms with E-state index in [1.54, 1.807) is 0 Å². The molecule has 1 aromatic heterocycles. The van der Waals surface area contributed by atoms with Crippen LogP contribution >= 0.6 is 11.6 Å². The third kappa shape index (κ3) is 3.54. The fourth-order valence-corrected chi connectivity index (χ4v) is 2.89. The lowest BCUT2D eigenvalue weighted by molar-refractivity contribution is -0.109. The fourth-order valence-electron chi connectivity index (χ4n) is 2.70. The first kappa shape index (κ1) is 15.6. The Balaban J connectivity index is 1.92. The molecule has 0 spiro atoms. The number of hydrogen-bond donors (Lipinski definition) is 1. The maximum Gasteiger partial charge on any atom is 0.207 e. The van der Waals surface area contributed by atoms with Crippen molar-refractivity contribution in [2.75, 3.05) is 6.54 Å². The number of para-hydroxylation sites is 2. The molecule has 4 nitrogen and oxygen atoms in total. The summed E-state index contributed by atoms with van der Waals surface area (Å²) >= 11 is 6.31. The molecule has 1 amide bonds. The fraction of sp³-hybridized carbons (Fsp3) is 0.222. The number of benzene rings is 2. The third-order valence-electron chi connectivity index (χ3n) is 3.82. The van der Waals surface area contributed by atoms with Crippen LogP contribution in [0, 0.1) is 0 Å². The first-order valence-electron chi connectivity index (χ1n) is 7.64. The van der Waals surface area contributed by atoms with Gasteiger partial charge in [-0.25, -0.2) is 4.98 Å². The topological polar surface area (TPSA) is 46.9 Å². The quantitative estimate of drug-likeness (QED) is 0.534. The van der Waals surface area contributed by atoms with Gasteiger partial charge in [-0.3, -0.25) is 4.79 Å². The van der Waals surface area contributed by atoms with Crippen LogP contribution in [0.1, 0.15) is 17.8 Å². The van der Waals surface area contributed by atoms with Crippen molar-refractivity contribution in [2.24, 2.45) is 0 Å². The van der Waals surface area contributed by atoms with Crippen LogP contribution < -0.4 is 5.32 Å². The van der Waals surface area contributed by atoms with E-state index in [9.17, 15) is 4.79 Å². The summed E-state index contributed by atoms with van der Waals surface area (Å²) in [5.41, 5.74) is 3.16. The summed E-state index contributed by atoms with van der Waals surface area (Å²) in [5.74, 6) is 1.01. The summed E-state index contributed by atoms with van der Waals surface area (Å²) in [5, 5.41) is 3.45. The van der Waals surface area contributed by atoms with E-state index in [1.165, 1.54) is 0 Å². The van der Waals surface area contributed by atoms with Gasteiger partial charge in [0.2, 0.25) is 6.41 Å². The molecule has 0 aliphatic heterocycles. The molecular weight excluding hydrogens is 310 g/mol. The van der Waals surface area contributed by atoms with Gasteiger partial charge in [-0.1, -0.05) is 41.9 Å². The Labute approximate surface area is 140 Å². The van der Waals surface area contributed by atoms with Gasteiger partial charge in [-0.05, 0) is 30.2 Å².